The van der Waals surface area contributed by atoms with E-state index in [4.69, 9.17) is 11.6 Å². The first-order valence-electron chi connectivity index (χ1n) is 10.1. The summed E-state index contributed by atoms with van der Waals surface area (Å²) < 4.78 is 1.61. The average molecular weight is 431 g/mol. The molecule has 2 aromatic rings. The summed E-state index contributed by atoms with van der Waals surface area (Å²) in [7, 11) is 1.69. The molecular formula is C22H27ClN4O3. The molecule has 30 heavy (non-hydrogen) atoms. The van der Waals surface area contributed by atoms with Crippen molar-refractivity contribution in [1.29, 1.82) is 0 Å². The highest BCUT2D eigenvalue weighted by Crippen LogP contribution is 2.25. The number of halogens is 1. The first kappa shape index (κ1) is 22.0. The molecule has 7 nitrogen and oxygen atoms in total. The van der Waals surface area contributed by atoms with Gasteiger partial charge in [0.15, 0.2) is 0 Å². The summed E-state index contributed by atoms with van der Waals surface area (Å²) in [6.45, 7) is 5.63. The van der Waals surface area contributed by atoms with Gasteiger partial charge in [-0.15, -0.1) is 0 Å². The van der Waals surface area contributed by atoms with Crippen LogP contribution in [0.15, 0.2) is 18.3 Å². The summed E-state index contributed by atoms with van der Waals surface area (Å²) in [5, 5.41) is 5.91. The van der Waals surface area contributed by atoms with Crippen LogP contribution in [0.3, 0.4) is 0 Å². The standard InChI is InChI=1S/C22H27ClN4O3/c1-12-5-7-15(8-6-12)25-22(30)20(28)19-13(2)18(14(3)27(19)4)21(29)26-16-9-10-24-17(23)11-16/h9-12,15H,5-8H2,1-4H3,(H,25,30)(H,24,26,29). The van der Waals surface area contributed by atoms with E-state index in [2.05, 4.69) is 22.5 Å². The van der Waals surface area contributed by atoms with E-state index in [1.54, 1.807) is 31.5 Å². The van der Waals surface area contributed by atoms with Crippen LogP contribution in [-0.4, -0.2) is 33.2 Å². The second kappa shape index (κ2) is 9.00. The quantitative estimate of drug-likeness (QED) is 0.428. The predicted molar refractivity (Wildman–Crippen MR) is 116 cm³/mol. The lowest BCUT2D eigenvalue weighted by molar-refractivity contribution is -0.118. The summed E-state index contributed by atoms with van der Waals surface area (Å²) >= 11 is 5.87. The van der Waals surface area contributed by atoms with Gasteiger partial charge < -0.3 is 15.2 Å². The number of anilines is 1. The molecule has 0 bridgehead atoms. The zero-order valence-corrected chi connectivity index (χ0v) is 18.5. The number of hydrogen-bond acceptors (Lipinski definition) is 4. The SMILES string of the molecule is Cc1c(C(=O)Nc2ccnc(Cl)c2)c(C)n(C)c1C(=O)C(=O)NC1CCC(C)CC1. The van der Waals surface area contributed by atoms with Crippen molar-refractivity contribution in [2.75, 3.05) is 5.32 Å². The van der Waals surface area contributed by atoms with Crippen molar-refractivity contribution in [3.05, 3.63) is 46.0 Å². The maximum atomic E-state index is 12.9. The van der Waals surface area contributed by atoms with Crippen LogP contribution in [0.1, 0.15) is 64.7 Å². The van der Waals surface area contributed by atoms with Gasteiger partial charge in [0.2, 0.25) is 0 Å². The lowest BCUT2D eigenvalue weighted by Crippen LogP contribution is -2.41. The lowest BCUT2D eigenvalue weighted by Gasteiger charge is -2.26. The molecule has 1 fully saturated rings. The Kier molecular flexibility index (Phi) is 6.61. The van der Waals surface area contributed by atoms with Crippen molar-refractivity contribution < 1.29 is 14.4 Å². The minimum Gasteiger partial charge on any atom is -0.346 e. The average Bonchev–Trinajstić information content (AvgIpc) is 2.91. The predicted octanol–water partition coefficient (Wildman–Crippen LogP) is 3.82. The van der Waals surface area contributed by atoms with Gasteiger partial charge in [0.1, 0.15) is 5.15 Å². The largest absolute Gasteiger partial charge is 0.346 e. The van der Waals surface area contributed by atoms with Crippen LogP contribution in [0.25, 0.3) is 0 Å². The Morgan fingerprint density at radius 2 is 1.83 bits per heavy atom. The number of carbonyl (C=O) groups excluding carboxylic acids is 3. The molecule has 0 saturated heterocycles. The van der Waals surface area contributed by atoms with Crippen LogP contribution >= 0.6 is 11.6 Å². The number of rotatable bonds is 5. The van der Waals surface area contributed by atoms with E-state index < -0.39 is 11.7 Å². The number of hydrogen-bond donors (Lipinski definition) is 2. The number of aromatic nitrogens is 2. The minimum atomic E-state index is -0.622. The number of carbonyl (C=O) groups is 3. The smallest absolute Gasteiger partial charge is 0.294 e. The molecule has 0 aromatic carbocycles. The van der Waals surface area contributed by atoms with E-state index in [9.17, 15) is 14.4 Å². The van der Waals surface area contributed by atoms with Gasteiger partial charge >= 0.3 is 0 Å². The molecule has 0 aliphatic heterocycles. The van der Waals surface area contributed by atoms with Gasteiger partial charge in [0, 0.05) is 30.7 Å². The minimum absolute atomic E-state index is 0.0264. The Balaban J connectivity index is 1.80. The molecule has 2 heterocycles. The fourth-order valence-corrected chi connectivity index (χ4v) is 4.24. The van der Waals surface area contributed by atoms with Gasteiger partial charge in [0.05, 0.1) is 11.3 Å². The van der Waals surface area contributed by atoms with Crippen LogP contribution in [0.5, 0.6) is 0 Å². The molecule has 0 spiro atoms. The molecule has 2 amide bonds. The van der Waals surface area contributed by atoms with Crippen molar-refractivity contribution in [3.8, 4) is 0 Å². The monoisotopic (exact) mass is 430 g/mol. The van der Waals surface area contributed by atoms with E-state index in [0.29, 0.717) is 28.4 Å². The van der Waals surface area contributed by atoms with Crippen LogP contribution in [0, 0.1) is 19.8 Å². The maximum absolute atomic E-state index is 12.9. The summed E-state index contributed by atoms with van der Waals surface area (Å²) in [4.78, 5) is 42.3. The number of ketones is 1. The Bertz CT molecular complexity index is 991. The van der Waals surface area contributed by atoms with Crippen molar-refractivity contribution >= 4 is 34.9 Å². The van der Waals surface area contributed by atoms with Gasteiger partial charge in [-0.1, -0.05) is 18.5 Å². The fourth-order valence-electron chi connectivity index (χ4n) is 4.07. The Hall–Kier alpha value is -2.67. The van der Waals surface area contributed by atoms with Crippen LogP contribution in [-0.2, 0) is 11.8 Å². The Labute approximate surface area is 181 Å². The van der Waals surface area contributed by atoms with Gasteiger partial charge in [-0.25, -0.2) is 4.98 Å². The summed E-state index contributed by atoms with van der Waals surface area (Å²) in [6.07, 6.45) is 5.35. The first-order valence-corrected chi connectivity index (χ1v) is 10.5. The van der Waals surface area contributed by atoms with E-state index in [1.165, 1.54) is 12.3 Å². The molecule has 3 rings (SSSR count). The van der Waals surface area contributed by atoms with Crippen LogP contribution in [0.4, 0.5) is 5.69 Å². The summed E-state index contributed by atoms with van der Waals surface area (Å²) in [5.74, 6) is -0.958. The van der Waals surface area contributed by atoms with Crippen LogP contribution in [0.2, 0.25) is 5.15 Å². The Morgan fingerprint density at radius 3 is 2.47 bits per heavy atom. The number of pyridine rings is 1. The van der Waals surface area contributed by atoms with Gasteiger partial charge in [-0.2, -0.15) is 0 Å². The van der Waals surface area contributed by atoms with Crippen molar-refractivity contribution in [1.82, 2.24) is 14.9 Å². The highest BCUT2D eigenvalue weighted by atomic mass is 35.5. The molecule has 2 aromatic heterocycles. The number of nitrogens with zero attached hydrogens (tertiary/aromatic N) is 2. The normalized spacial score (nSPS) is 18.7. The van der Waals surface area contributed by atoms with Crippen molar-refractivity contribution in [2.45, 2.75) is 52.5 Å². The van der Waals surface area contributed by atoms with E-state index in [-0.39, 0.29) is 22.8 Å². The van der Waals surface area contributed by atoms with Crippen LogP contribution < -0.4 is 10.6 Å². The van der Waals surface area contributed by atoms with Gasteiger partial charge in [-0.3, -0.25) is 14.4 Å². The molecule has 1 aliphatic carbocycles. The van der Waals surface area contributed by atoms with E-state index in [0.717, 1.165) is 25.7 Å². The molecule has 1 saturated carbocycles. The molecule has 8 heteroatoms. The highest BCUT2D eigenvalue weighted by Gasteiger charge is 2.30. The second-order valence-corrected chi connectivity index (χ2v) is 8.46. The molecule has 1 aliphatic rings. The third-order valence-corrected chi connectivity index (χ3v) is 6.12. The maximum Gasteiger partial charge on any atom is 0.294 e. The molecule has 0 radical (unpaired) electrons. The summed E-state index contributed by atoms with van der Waals surface area (Å²) in [6, 6.07) is 3.19. The third kappa shape index (κ3) is 4.56. The van der Waals surface area contributed by atoms with E-state index in [1.807, 2.05) is 0 Å². The second-order valence-electron chi connectivity index (χ2n) is 8.07. The molecule has 0 unspecified atom stereocenters. The first-order chi connectivity index (χ1) is 14.2. The fraction of sp³-hybridized carbons (Fsp3) is 0.455. The van der Waals surface area contributed by atoms with Gasteiger partial charge in [0.25, 0.3) is 17.6 Å². The molecule has 0 atom stereocenters. The molecule has 2 N–H and O–H groups in total. The summed E-state index contributed by atoms with van der Waals surface area (Å²) in [5.41, 5.74) is 2.18. The number of amides is 2. The van der Waals surface area contributed by atoms with Gasteiger partial charge in [-0.05, 0) is 63.1 Å². The molecule has 160 valence electrons. The van der Waals surface area contributed by atoms with E-state index >= 15 is 0 Å². The molecular weight excluding hydrogens is 404 g/mol. The number of nitrogens with one attached hydrogen (secondary N) is 2. The number of Topliss-reactive ketones (excluding diaryl/α,β-unsaturated/α-hetero) is 1. The third-order valence-electron chi connectivity index (χ3n) is 5.91. The topological polar surface area (TPSA) is 93.1 Å². The van der Waals surface area contributed by atoms with Crippen molar-refractivity contribution in [3.63, 3.8) is 0 Å². The van der Waals surface area contributed by atoms with Crippen molar-refractivity contribution in [2.24, 2.45) is 13.0 Å². The highest BCUT2D eigenvalue weighted by molar-refractivity contribution is 6.43. The lowest BCUT2D eigenvalue weighted by atomic mass is 9.87. The zero-order chi connectivity index (χ0) is 22.0. The zero-order valence-electron chi connectivity index (χ0n) is 17.7. The Morgan fingerprint density at radius 1 is 1.17 bits per heavy atom.